The SMILES string of the molecule is CCCCCCC(=O)NCC1(O)CCCC(C)C1. The molecule has 0 heterocycles. The van der Waals surface area contributed by atoms with E-state index in [2.05, 4.69) is 19.2 Å². The van der Waals surface area contributed by atoms with Gasteiger partial charge in [-0.05, 0) is 25.2 Å². The van der Waals surface area contributed by atoms with Crippen LogP contribution in [0.25, 0.3) is 0 Å². The van der Waals surface area contributed by atoms with Gasteiger partial charge < -0.3 is 10.4 Å². The van der Waals surface area contributed by atoms with E-state index in [0.29, 0.717) is 18.9 Å². The maximum atomic E-state index is 11.7. The molecule has 1 aliphatic rings. The Hall–Kier alpha value is -0.570. The number of amides is 1. The number of aliphatic hydroxyl groups is 1. The van der Waals surface area contributed by atoms with Crippen LogP contribution in [0.5, 0.6) is 0 Å². The third kappa shape index (κ3) is 5.85. The van der Waals surface area contributed by atoms with Crippen LogP contribution >= 0.6 is 0 Å². The number of carbonyl (C=O) groups excluding carboxylic acids is 1. The van der Waals surface area contributed by atoms with E-state index in [0.717, 1.165) is 32.1 Å². The van der Waals surface area contributed by atoms with E-state index >= 15 is 0 Å². The molecule has 0 bridgehead atoms. The molecule has 0 aliphatic heterocycles. The molecule has 18 heavy (non-hydrogen) atoms. The van der Waals surface area contributed by atoms with E-state index in [-0.39, 0.29) is 5.91 Å². The van der Waals surface area contributed by atoms with Crippen LogP contribution in [0.1, 0.15) is 71.6 Å². The monoisotopic (exact) mass is 255 g/mol. The number of rotatable bonds is 7. The maximum Gasteiger partial charge on any atom is 0.220 e. The number of hydrogen-bond acceptors (Lipinski definition) is 2. The zero-order valence-corrected chi connectivity index (χ0v) is 12.0. The first-order valence-electron chi connectivity index (χ1n) is 7.55. The summed E-state index contributed by atoms with van der Waals surface area (Å²) < 4.78 is 0. The van der Waals surface area contributed by atoms with Crippen LogP contribution in [-0.4, -0.2) is 23.2 Å². The summed E-state index contributed by atoms with van der Waals surface area (Å²) in [6, 6.07) is 0. The molecule has 1 rings (SSSR count). The molecule has 1 amide bonds. The third-order valence-electron chi connectivity index (χ3n) is 3.94. The van der Waals surface area contributed by atoms with Gasteiger partial charge in [0.25, 0.3) is 0 Å². The van der Waals surface area contributed by atoms with Crippen molar-refractivity contribution in [1.29, 1.82) is 0 Å². The molecule has 2 atom stereocenters. The lowest BCUT2D eigenvalue weighted by molar-refractivity contribution is -0.123. The zero-order chi connectivity index (χ0) is 13.4. The van der Waals surface area contributed by atoms with Gasteiger partial charge in [0, 0.05) is 13.0 Å². The van der Waals surface area contributed by atoms with Gasteiger partial charge in [-0.1, -0.05) is 46.0 Å². The van der Waals surface area contributed by atoms with Crippen molar-refractivity contribution >= 4 is 5.91 Å². The highest BCUT2D eigenvalue weighted by Crippen LogP contribution is 2.31. The Morgan fingerprint density at radius 1 is 1.39 bits per heavy atom. The average molecular weight is 255 g/mol. The van der Waals surface area contributed by atoms with Crippen LogP contribution in [-0.2, 0) is 4.79 Å². The predicted molar refractivity (Wildman–Crippen MR) is 74.4 cm³/mol. The topological polar surface area (TPSA) is 49.3 Å². The minimum Gasteiger partial charge on any atom is -0.388 e. The first-order chi connectivity index (χ1) is 8.56. The third-order valence-corrected chi connectivity index (χ3v) is 3.94. The second-order valence-corrected chi connectivity index (χ2v) is 6.01. The van der Waals surface area contributed by atoms with Crippen molar-refractivity contribution in [3.63, 3.8) is 0 Å². The van der Waals surface area contributed by atoms with Crippen LogP contribution in [0.2, 0.25) is 0 Å². The standard InChI is InChI=1S/C15H29NO2/c1-3-4-5-6-9-14(17)16-12-15(18)10-7-8-13(2)11-15/h13,18H,3-12H2,1-2H3,(H,16,17). The van der Waals surface area contributed by atoms with Crippen molar-refractivity contribution in [2.75, 3.05) is 6.54 Å². The van der Waals surface area contributed by atoms with Gasteiger partial charge in [0.1, 0.15) is 0 Å². The molecule has 0 spiro atoms. The molecule has 2 unspecified atom stereocenters. The van der Waals surface area contributed by atoms with Crippen LogP contribution < -0.4 is 5.32 Å². The minimum atomic E-state index is -0.656. The van der Waals surface area contributed by atoms with Crippen LogP contribution in [0.4, 0.5) is 0 Å². The Bertz CT molecular complexity index is 255. The summed E-state index contributed by atoms with van der Waals surface area (Å²) in [5.41, 5.74) is -0.656. The summed E-state index contributed by atoms with van der Waals surface area (Å²) in [7, 11) is 0. The lowest BCUT2D eigenvalue weighted by Gasteiger charge is -2.35. The first kappa shape index (κ1) is 15.5. The molecule has 2 N–H and O–H groups in total. The van der Waals surface area contributed by atoms with Gasteiger partial charge in [-0.2, -0.15) is 0 Å². The predicted octanol–water partition coefficient (Wildman–Crippen LogP) is 3.01. The van der Waals surface area contributed by atoms with Crippen LogP contribution in [0.15, 0.2) is 0 Å². The quantitative estimate of drug-likeness (QED) is 0.687. The smallest absolute Gasteiger partial charge is 0.220 e. The highest BCUT2D eigenvalue weighted by molar-refractivity contribution is 5.75. The summed E-state index contributed by atoms with van der Waals surface area (Å²) in [4.78, 5) is 11.7. The molecule has 0 aromatic heterocycles. The van der Waals surface area contributed by atoms with Crippen LogP contribution in [0.3, 0.4) is 0 Å². The number of hydrogen-bond donors (Lipinski definition) is 2. The Kier molecular flexibility index (Phi) is 6.69. The van der Waals surface area contributed by atoms with E-state index in [1.165, 1.54) is 19.3 Å². The second-order valence-electron chi connectivity index (χ2n) is 6.01. The Balaban J connectivity index is 2.16. The Labute approximate surface area is 111 Å². The van der Waals surface area contributed by atoms with E-state index in [1.807, 2.05) is 0 Å². The van der Waals surface area contributed by atoms with Crippen molar-refractivity contribution in [2.45, 2.75) is 77.2 Å². The molecule has 3 heteroatoms. The summed E-state index contributed by atoms with van der Waals surface area (Å²) >= 11 is 0. The maximum absolute atomic E-state index is 11.7. The normalized spacial score (nSPS) is 28.1. The molecule has 1 saturated carbocycles. The summed E-state index contributed by atoms with van der Waals surface area (Å²) in [6.45, 7) is 4.78. The van der Waals surface area contributed by atoms with Crippen molar-refractivity contribution < 1.29 is 9.90 Å². The molecule has 3 nitrogen and oxygen atoms in total. The Morgan fingerprint density at radius 2 is 2.17 bits per heavy atom. The van der Waals surface area contributed by atoms with Gasteiger partial charge in [-0.25, -0.2) is 0 Å². The van der Waals surface area contributed by atoms with Crippen molar-refractivity contribution in [3.05, 3.63) is 0 Å². The van der Waals surface area contributed by atoms with Gasteiger partial charge in [0.05, 0.1) is 5.60 Å². The second kappa shape index (κ2) is 7.78. The molecule has 0 aromatic carbocycles. The fourth-order valence-electron chi connectivity index (χ4n) is 2.86. The van der Waals surface area contributed by atoms with Gasteiger partial charge in [0.2, 0.25) is 5.91 Å². The highest BCUT2D eigenvalue weighted by Gasteiger charge is 2.32. The lowest BCUT2D eigenvalue weighted by Crippen LogP contribution is -2.45. The Morgan fingerprint density at radius 3 is 2.83 bits per heavy atom. The van der Waals surface area contributed by atoms with Crippen molar-refractivity contribution in [3.8, 4) is 0 Å². The zero-order valence-electron chi connectivity index (χ0n) is 12.0. The summed E-state index contributed by atoms with van der Waals surface area (Å²) in [5, 5.41) is 13.3. The summed E-state index contributed by atoms with van der Waals surface area (Å²) in [5.74, 6) is 0.669. The first-order valence-corrected chi connectivity index (χ1v) is 7.55. The van der Waals surface area contributed by atoms with Crippen molar-refractivity contribution in [1.82, 2.24) is 5.32 Å². The molecule has 0 aromatic rings. The van der Waals surface area contributed by atoms with Gasteiger partial charge in [-0.3, -0.25) is 4.79 Å². The number of unbranched alkanes of at least 4 members (excludes halogenated alkanes) is 3. The molecule has 0 radical (unpaired) electrons. The molecule has 106 valence electrons. The van der Waals surface area contributed by atoms with E-state index in [9.17, 15) is 9.90 Å². The number of nitrogens with one attached hydrogen (secondary N) is 1. The fourth-order valence-corrected chi connectivity index (χ4v) is 2.86. The van der Waals surface area contributed by atoms with E-state index in [4.69, 9.17) is 0 Å². The van der Waals surface area contributed by atoms with E-state index < -0.39 is 5.60 Å². The molecule has 1 fully saturated rings. The molecular formula is C15H29NO2. The molecular weight excluding hydrogens is 226 g/mol. The largest absolute Gasteiger partial charge is 0.388 e. The fraction of sp³-hybridized carbons (Fsp3) is 0.933. The highest BCUT2D eigenvalue weighted by atomic mass is 16.3. The minimum absolute atomic E-state index is 0.0951. The van der Waals surface area contributed by atoms with Crippen molar-refractivity contribution in [2.24, 2.45) is 5.92 Å². The van der Waals surface area contributed by atoms with Gasteiger partial charge in [0.15, 0.2) is 0 Å². The van der Waals surface area contributed by atoms with Gasteiger partial charge >= 0.3 is 0 Å². The van der Waals surface area contributed by atoms with Crippen LogP contribution in [0, 0.1) is 5.92 Å². The molecule has 1 aliphatic carbocycles. The molecule has 0 saturated heterocycles. The average Bonchev–Trinajstić information content (AvgIpc) is 2.32. The summed E-state index contributed by atoms with van der Waals surface area (Å²) in [6.07, 6.45) is 9.02. The van der Waals surface area contributed by atoms with E-state index in [1.54, 1.807) is 0 Å². The number of carbonyl (C=O) groups is 1. The van der Waals surface area contributed by atoms with Gasteiger partial charge in [-0.15, -0.1) is 0 Å². The lowest BCUT2D eigenvalue weighted by atomic mass is 9.79.